The molecule has 0 heterocycles. The molecular weight excluding hydrogens is 427 g/mol. The van der Waals surface area contributed by atoms with Crippen molar-refractivity contribution in [2.24, 2.45) is 5.92 Å². The van der Waals surface area contributed by atoms with Crippen LogP contribution in [0.5, 0.6) is 0 Å². The highest BCUT2D eigenvalue weighted by Crippen LogP contribution is 2.63. The van der Waals surface area contributed by atoms with E-state index in [1.165, 1.54) is 33.4 Å². The van der Waals surface area contributed by atoms with E-state index < -0.39 is 11.2 Å². The lowest BCUT2D eigenvalue weighted by Crippen LogP contribution is -2.49. The highest BCUT2D eigenvalue weighted by Gasteiger charge is 2.57. The zero-order valence-electron chi connectivity index (χ0n) is 21.2. The molecule has 0 amide bonds. The Bertz CT molecular complexity index is 1340. The molecule has 1 radical (unpaired) electrons. The summed E-state index contributed by atoms with van der Waals surface area (Å²) in [7, 11) is 1.85. The van der Waals surface area contributed by atoms with E-state index in [1.54, 1.807) is 19.9 Å². The van der Waals surface area contributed by atoms with Crippen LogP contribution in [0.3, 0.4) is 0 Å². The van der Waals surface area contributed by atoms with Crippen LogP contribution >= 0.6 is 0 Å². The highest BCUT2D eigenvalue weighted by atomic mass is 16.5. The fraction of sp³-hybridized carbons (Fsp3) is 0.312. The lowest BCUT2D eigenvalue weighted by Gasteiger charge is -2.37. The predicted molar refractivity (Wildman–Crippen MR) is 146 cm³/mol. The molecule has 3 aliphatic rings. The second-order valence-corrected chi connectivity index (χ2v) is 10.8. The van der Waals surface area contributed by atoms with Crippen LogP contribution in [-0.2, 0) is 10.1 Å². The molecule has 0 saturated heterocycles. The Kier molecular flexibility index (Phi) is 5.59. The zero-order chi connectivity index (χ0) is 25.0. The second-order valence-electron chi connectivity index (χ2n) is 10.8. The number of hydrogen-bond donors (Lipinski definition) is 1. The van der Waals surface area contributed by atoms with Crippen LogP contribution in [-0.4, -0.2) is 23.8 Å². The zero-order valence-corrected chi connectivity index (χ0v) is 21.2. The van der Waals surface area contributed by atoms with Gasteiger partial charge in [0.05, 0.1) is 11.2 Å². The third-order valence-electron chi connectivity index (χ3n) is 8.47. The Morgan fingerprint density at radius 1 is 1.03 bits per heavy atom. The summed E-state index contributed by atoms with van der Waals surface area (Å²) in [6, 6.07) is 15.3. The minimum Gasteiger partial charge on any atom is -0.427 e. The molecule has 2 aromatic rings. The molecule has 3 aliphatic carbocycles. The molecule has 3 atom stereocenters. The third kappa shape index (κ3) is 3.35. The first kappa shape index (κ1) is 23.7. The maximum Gasteiger partial charge on any atom is 0.331 e. The number of benzene rings is 2. The van der Waals surface area contributed by atoms with Gasteiger partial charge in [-0.15, -0.1) is 6.42 Å². The van der Waals surface area contributed by atoms with Gasteiger partial charge in [0.1, 0.15) is 0 Å². The van der Waals surface area contributed by atoms with Crippen molar-refractivity contribution in [1.29, 1.82) is 0 Å². The lowest BCUT2D eigenvalue weighted by molar-refractivity contribution is -0.0893. The molecule has 0 fully saturated rings. The van der Waals surface area contributed by atoms with Gasteiger partial charge in [-0.3, -0.25) is 0 Å². The van der Waals surface area contributed by atoms with Crippen LogP contribution in [0.25, 0.3) is 5.57 Å². The molecule has 35 heavy (non-hydrogen) atoms. The molecule has 0 saturated carbocycles. The largest absolute Gasteiger partial charge is 0.427 e. The fourth-order valence-electron chi connectivity index (χ4n) is 6.03. The average Bonchev–Trinajstić information content (AvgIpc) is 3.27. The highest BCUT2D eigenvalue weighted by molar-refractivity contribution is 6.48. The van der Waals surface area contributed by atoms with Gasteiger partial charge >= 0.3 is 7.48 Å². The summed E-state index contributed by atoms with van der Waals surface area (Å²) in [5, 5.41) is 10.6. The monoisotopic (exact) mass is 459 g/mol. The molecular formula is C32H32BO2. The van der Waals surface area contributed by atoms with Gasteiger partial charge in [-0.05, 0) is 85.6 Å². The summed E-state index contributed by atoms with van der Waals surface area (Å²) in [6.07, 6.45) is 18.5. The van der Waals surface area contributed by atoms with E-state index in [4.69, 9.17) is 11.1 Å². The lowest BCUT2D eigenvalue weighted by atomic mass is 9.65. The Hall–Kier alpha value is -3.06. The van der Waals surface area contributed by atoms with Gasteiger partial charge in [0.15, 0.2) is 0 Å². The number of terminal acetylenes is 1. The average molecular weight is 459 g/mol. The van der Waals surface area contributed by atoms with Crippen molar-refractivity contribution in [3.8, 4) is 12.3 Å². The van der Waals surface area contributed by atoms with E-state index in [-0.39, 0.29) is 17.3 Å². The Balaban J connectivity index is 1.73. The molecule has 0 aliphatic heterocycles. The van der Waals surface area contributed by atoms with Gasteiger partial charge in [0, 0.05) is 17.3 Å². The molecule has 3 unspecified atom stereocenters. The van der Waals surface area contributed by atoms with Crippen LogP contribution in [0.1, 0.15) is 62.8 Å². The smallest absolute Gasteiger partial charge is 0.331 e. The van der Waals surface area contributed by atoms with Crippen molar-refractivity contribution in [2.45, 2.75) is 57.2 Å². The van der Waals surface area contributed by atoms with Gasteiger partial charge in [-0.2, -0.15) is 0 Å². The second kappa shape index (κ2) is 8.26. The van der Waals surface area contributed by atoms with E-state index >= 15 is 0 Å². The fourth-order valence-corrected chi connectivity index (χ4v) is 6.03. The normalized spacial score (nSPS) is 24.6. The molecule has 1 spiro atoms. The minimum absolute atomic E-state index is 0.218. The Morgan fingerprint density at radius 2 is 1.74 bits per heavy atom. The maximum absolute atomic E-state index is 10.6. The number of rotatable bonds is 5. The third-order valence-corrected chi connectivity index (χ3v) is 8.47. The van der Waals surface area contributed by atoms with Crippen molar-refractivity contribution in [2.75, 3.05) is 0 Å². The van der Waals surface area contributed by atoms with E-state index in [1.807, 2.05) is 21.3 Å². The van der Waals surface area contributed by atoms with Crippen LogP contribution in [0.4, 0.5) is 0 Å². The molecule has 175 valence electrons. The van der Waals surface area contributed by atoms with E-state index in [0.29, 0.717) is 0 Å². The SMILES string of the molecule is C#C/C=C\C1=C(C)C2(c3ccccc31)c1cccc([B]OC(C)(C)C(C)(C)O)c1C1C=CC=CC12. The molecule has 2 nitrogen and oxygen atoms in total. The predicted octanol–water partition coefficient (Wildman–Crippen LogP) is 5.60. The van der Waals surface area contributed by atoms with Gasteiger partial charge < -0.3 is 9.76 Å². The van der Waals surface area contributed by atoms with Gasteiger partial charge in [-0.25, -0.2) is 0 Å². The molecule has 0 bridgehead atoms. The van der Waals surface area contributed by atoms with Gasteiger partial charge in [0.25, 0.3) is 0 Å². The summed E-state index contributed by atoms with van der Waals surface area (Å²) in [5.74, 6) is 3.14. The first-order chi connectivity index (χ1) is 16.6. The number of hydrogen-bond acceptors (Lipinski definition) is 2. The molecule has 5 rings (SSSR count). The standard InChI is InChI=1S/C32H32BO2/c1-7-8-14-22-21(2)32(25-17-11-9-15-23(22)25)26-18-12-10-16-24(26)29-27(32)19-13-20-28(29)33-35-31(5,6)30(3,4)34/h1,8-20,24,26,34H,2-6H3/b14-8-. The minimum atomic E-state index is -0.985. The van der Waals surface area contributed by atoms with Crippen LogP contribution in [0, 0.1) is 18.3 Å². The Morgan fingerprint density at radius 3 is 2.49 bits per heavy atom. The number of fused-ring (bicyclic) bond motifs is 7. The summed E-state index contributed by atoms with van der Waals surface area (Å²) in [4.78, 5) is 0. The summed E-state index contributed by atoms with van der Waals surface area (Å²) in [5.41, 5.74) is 6.79. The molecule has 0 aromatic heterocycles. The van der Waals surface area contributed by atoms with Crippen LogP contribution in [0.2, 0.25) is 0 Å². The topological polar surface area (TPSA) is 29.5 Å². The summed E-state index contributed by atoms with van der Waals surface area (Å²) in [6.45, 7) is 9.67. The van der Waals surface area contributed by atoms with Crippen molar-refractivity contribution in [3.05, 3.63) is 107 Å². The quantitative estimate of drug-likeness (QED) is 0.466. The van der Waals surface area contributed by atoms with E-state index in [0.717, 1.165) is 5.46 Å². The van der Waals surface area contributed by atoms with E-state index in [2.05, 4.69) is 85.7 Å². The van der Waals surface area contributed by atoms with Gasteiger partial charge in [-0.1, -0.05) is 72.7 Å². The van der Waals surface area contributed by atoms with Crippen molar-refractivity contribution in [3.63, 3.8) is 0 Å². The van der Waals surface area contributed by atoms with Crippen molar-refractivity contribution < 1.29 is 9.76 Å². The van der Waals surface area contributed by atoms with Crippen LogP contribution < -0.4 is 5.46 Å². The van der Waals surface area contributed by atoms with Crippen molar-refractivity contribution in [1.82, 2.24) is 0 Å². The first-order valence-corrected chi connectivity index (χ1v) is 12.3. The molecule has 1 N–H and O–H groups in total. The first-order valence-electron chi connectivity index (χ1n) is 12.3. The van der Waals surface area contributed by atoms with Crippen molar-refractivity contribution >= 4 is 18.5 Å². The molecule has 2 aromatic carbocycles. The summed E-state index contributed by atoms with van der Waals surface area (Å²) < 4.78 is 6.24. The molecule has 3 heteroatoms. The summed E-state index contributed by atoms with van der Waals surface area (Å²) >= 11 is 0. The Labute approximate surface area is 210 Å². The van der Waals surface area contributed by atoms with Crippen LogP contribution in [0.15, 0.2) is 84.5 Å². The van der Waals surface area contributed by atoms with Gasteiger partial charge in [0.2, 0.25) is 0 Å². The number of aliphatic hydroxyl groups is 1. The number of allylic oxidation sites excluding steroid dienone is 8. The van der Waals surface area contributed by atoms with E-state index in [9.17, 15) is 5.11 Å². The maximum atomic E-state index is 10.6.